The van der Waals surface area contributed by atoms with Gasteiger partial charge in [-0.15, -0.1) is 0 Å². The van der Waals surface area contributed by atoms with Crippen LogP contribution in [0, 0.1) is 5.41 Å². The van der Waals surface area contributed by atoms with Gasteiger partial charge >= 0.3 is 0 Å². The van der Waals surface area contributed by atoms with Crippen LogP contribution in [0.3, 0.4) is 0 Å². The molecule has 0 atom stereocenters. The zero-order valence-corrected chi connectivity index (χ0v) is 14.5. The van der Waals surface area contributed by atoms with Crippen molar-refractivity contribution in [2.24, 2.45) is 5.73 Å². The number of rotatable bonds is 6. The molecule has 0 aromatic heterocycles. The molecule has 2 rings (SSSR count). The summed E-state index contributed by atoms with van der Waals surface area (Å²) in [4.78, 5) is 0. The van der Waals surface area contributed by atoms with Crippen molar-refractivity contribution in [3.63, 3.8) is 0 Å². The molecule has 2 aromatic rings. The number of guanidine groups is 1. The normalized spacial score (nSPS) is 11.0. The average molecular weight is 326 g/mol. The Hall–Kier alpha value is -2.53. The fraction of sp³-hybridized carbons (Fsp3) is 0.316. The van der Waals surface area contributed by atoms with E-state index < -0.39 is 5.54 Å². The van der Waals surface area contributed by atoms with Crippen molar-refractivity contribution >= 4 is 11.6 Å². The number of nitrogens with one attached hydrogen (secondary N) is 3. The molecule has 0 amide bonds. The van der Waals surface area contributed by atoms with Gasteiger partial charge in [0, 0.05) is 23.3 Å². The molecule has 0 bridgehead atoms. The first-order valence-corrected chi connectivity index (χ1v) is 8.09. The maximum Gasteiger partial charge on any atom is 0.192 e. The van der Waals surface area contributed by atoms with Gasteiger partial charge in [-0.1, -0.05) is 30.3 Å². The molecule has 24 heavy (non-hydrogen) atoms. The molecule has 0 aliphatic carbocycles. The van der Waals surface area contributed by atoms with E-state index in [0.717, 1.165) is 22.6 Å². The van der Waals surface area contributed by atoms with Crippen LogP contribution in [0.2, 0.25) is 0 Å². The lowest BCUT2D eigenvalue weighted by atomic mass is 9.94. The van der Waals surface area contributed by atoms with Crippen molar-refractivity contribution in [2.75, 3.05) is 11.9 Å². The molecular weight excluding hydrogens is 300 g/mol. The zero-order valence-electron chi connectivity index (χ0n) is 14.5. The van der Waals surface area contributed by atoms with E-state index in [1.165, 1.54) is 0 Å². The highest BCUT2D eigenvalue weighted by molar-refractivity contribution is 5.91. The van der Waals surface area contributed by atoms with Crippen LogP contribution in [0.15, 0.2) is 48.5 Å². The van der Waals surface area contributed by atoms with Crippen LogP contribution in [0.25, 0.3) is 0 Å². The standard InChI is InChI=1S/C19H26N4O/c1-4-22-18(20)23-15-10-11-17(16(12-15)19(2,3)21)24-13-14-8-6-5-7-9-14/h5-12H,4,13,21H2,1-3H3,(H3,20,22,23). The van der Waals surface area contributed by atoms with E-state index in [2.05, 4.69) is 10.6 Å². The quantitative estimate of drug-likeness (QED) is 0.484. The minimum absolute atomic E-state index is 0.260. The van der Waals surface area contributed by atoms with Crippen LogP contribution in [0.5, 0.6) is 5.75 Å². The highest BCUT2D eigenvalue weighted by Gasteiger charge is 2.20. The van der Waals surface area contributed by atoms with Crippen molar-refractivity contribution in [3.05, 3.63) is 59.7 Å². The van der Waals surface area contributed by atoms with Crippen molar-refractivity contribution in [3.8, 4) is 5.75 Å². The number of benzene rings is 2. The molecule has 0 unspecified atom stereocenters. The van der Waals surface area contributed by atoms with Gasteiger partial charge in [0.05, 0.1) is 0 Å². The lowest BCUT2D eigenvalue weighted by Crippen LogP contribution is -2.31. The van der Waals surface area contributed by atoms with Gasteiger partial charge in [-0.3, -0.25) is 5.41 Å². The Morgan fingerprint density at radius 3 is 2.50 bits per heavy atom. The molecule has 0 aliphatic rings. The first kappa shape index (κ1) is 17.8. The Bertz CT molecular complexity index is 678. The Morgan fingerprint density at radius 1 is 1.17 bits per heavy atom. The van der Waals surface area contributed by atoms with Gasteiger partial charge in [-0.05, 0) is 44.5 Å². The Labute approximate surface area is 143 Å². The van der Waals surface area contributed by atoms with Crippen LogP contribution in [-0.4, -0.2) is 12.5 Å². The number of anilines is 1. The average Bonchev–Trinajstić information content (AvgIpc) is 2.54. The Kier molecular flexibility index (Phi) is 5.82. The lowest BCUT2D eigenvalue weighted by Gasteiger charge is -2.24. The van der Waals surface area contributed by atoms with Crippen molar-refractivity contribution in [1.82, 2.24) is 5.32 Å². The molecule has 0 heterocycles. The second-order valence-corrected chi connectivity index (χ2v) is 6.24. The van der Waals surface area contributed by atoms with Gasteiger partial charge in [0.25, 0.3) is 0 Å². The Morgan fingerprint density at radius 2 is 1.88 bits per heavy atom. The summed E-state index contributed by atoms with van der Waals surface area (Å²) in [5.74, 6) is 1.02. The third kappa shape index (κ3) is 4.99. The second-order valence-electron chi connectivity index (χ2n) is 6.24. The summed E-state index contributed by atoms with van der Waals surface area (Å²) in [6, 6.07) is 15.7. The summed E-state index contributed by atoms with van der Waals surface area (Å²) in [7, 11) is 0. The maximum atomic E-state index is 7.81. The number of ether oxygens (including phenoxy) is 1. The summed E-state index contributed by atoms with van der Waals surface area (Å²) >= 11 is 0. The molecule has 5 nitrogen and oxygen atoms in total. The van der Waals surface area contributed by atoms with Crippen LogP contribution in [-0.2, 0) is 12.1 Å². The molecular formula is C19H26N4O. The van der Waals surface area contributed by atoms with Crippen LogP contribution < -0.4 is 21.1 Å². The van der Waals surface area contributed by atoms with Gasteiger partial charge in [0.1, 0.15) is 12.4 Å². The zero-order chi connectivity index (χ0) is 17.6. The molecule has 0 saturated heterocycles. The summed E-state index contributed by atoms with van der Waals surface area (Å²) in [5.41, 5.74) is 8.57. The van der Waals surface area contributed by atoms with Gasteiger partial charge in [-0.2, -0.15) is 0 Å². The van der Waals surface area contributed by atoms with E-state index in [9.17, 15) is 0 Å². The smallest absolute Gasteiger partial charge is 0.192 e. The van der Waals surface area contributed by atoms with E-state index >= 15 is 0 Å². The van der Waals surface area contributed by atoms with Crippen LogP contribution in [0.1, 0.15) is 31.9 Å². The largest absolute Gasteiger partial charge is 0.489 e. The SMILES string of the molecule is CCNC(=N)Nc1ccc(OCc2ccccc2)c(C(C)(C)N)c1. The van der Waals surface area contributed by atoms with Gasteiger partial charge in [0.2, 0.25) is 0 Å². The predicted molar refractivity (Wildman–Crippen MR) is 99.5 cm³/mol. The van der Waals surface area contributed by atoms with E-state index in [1.54, 1.807) is 0 Å². The number of hydrogen-bond donors (Lipinski definition) is 4. The van der Waals surface area contributed by atoms with Gasteiger partial charge in [0.15, 0.2) is 5.96 Å². The van der Waals surface area contributed by atoms with E-state index in [4.69, 9.17) is 15.9 Å². The van der Waals surface area contributed by atoms with Crippen molar-refractivity contribution in [2.45, 2.75) is 32.9 Å². The minimum Gasteiger partial charge on any atom is -0.489 e. The number of hydrogen-bond acceptors (Lipinski definition) is 3. The van der Waals surface area contributed by atoms with E-state index in [-0.39, 0.29) is 5.96 Å². The molecule has 0 radical (unpaired) electrons. The fourth-order valence-corrected chi connectivity index (χ4v) is 2.34. The monoisotopic (exact) mass is 326 g/mol. The highest BCUT2D eigenvalue weighted by Crippen LogP contribution is 2.31. The topological polar surface area (TPSA) is 83.2 Å². The molecule has 0 saturated carbocycles. The van der Waals surface area contributed by atoms with E-state index in [0.29, 0.717) is 13.2 Å². The molecule has 0 spiro atoms. The fourth-order valence-electron chi connectivity index (χ4n) is 2.34. The van der Waals surface area contributed by atoms with Crippen LogP contribution in [0.4, 0.5) is 5.69 Å². The van der Waals surface area contributed by atoms with E-state index in [1.807, 2.05) is 69.3 Å². The number of nitrogens with two attached hydrogens (primary N) is 1. The first-order chi connectivity index (χ1) is 11.4. The Balaban J connectivity index is 2.19. The molecule has 2 aromatic carbocycles. The molecule has 0 fully saturated rings. The summed E-state index contributed by atoms with van der Waals surface area (Å²) in [5, 5.41) is 13.8. The van der Waals surface area contributed by atoms with Gasteiger partial charge < -0.3 is 21.1 Å². The van der Waals surface area contributed by atoms with Crippen molar-refractivity contribution in [1.29, 1.82) is 5.41 Å². The summed E-state index contributed by atoms with van der Waals surface area (Å²) < 4.78 is 5.98. The third-order valence-corrected chi connectivity index (χ3v) is 3.53. The lowest BCUT2D eigenvalue weighted by molar-refractivity contribution is 0.296. The van der Waals surface area contributed by atoms with Crippen molar-refractivity contribution < 1.29 is 4.74 Å². The third-order valence-electron chi connectivity index (χ3n) is 3.53. The minimum atomic E-state index is -0.552. The highest BCUT2D eigenvalue weighted by atomic mass is 16.5. The molecule has 0 aliphatic heterocycles. The summed E-state index contributed by atoms with van der Waals surface area (Å²) in [6.45, 7) is 7.02. The molecule has 5 heteroatoms. The predicted octanol–water partition coefficient (Wildman–Crippen LogP) is 3.42. The molecule has 5 N–H and O–H groups in total. The summed E-state index contributed by atoms with van der Waals surface area (Å²) in [6.07, 6.45) is 0. The first-order valence-electron chi connectivity index (χ1n) is 8.09. The van der Waals surface area contributed by atoms with Crippen LogP contribution >= 0.6 is 0 Å². The van der Waals surface area contributed by atoms with Gasteiger partial charge in [-0.25, -0.2) is 0 Å². The molecule has 128 valence electrons. The second kappa shape index (κ2) is 7.84. The maximum absolute atomic E-state index is 7.81.